The molecule has 1 amide bonds. The van der Waals surface area contributed by atoms with Crippen molar-refractivity contribution in [3.8, 4) is 5.88 Å². The molecule has 6 heteroatoms. The average Bonchev–Trinajstić information content (AvgIpc) is 2.46. The molecule has 2 heterocycles. The number of ether oxygens (including phenoxy) is 1. The first-order valence-electron chi connectivity index (χ1n) is 6.18. The van der Waals surface area contributed by atoms with E-state index in [9.17, 15) is 14.7 Å². The van der Waals surface area contributed by atoms with Crippen molar-refractivity contribution in [3.05, 3.63) is 23.9 Å². The highest BCUT2D eigenvalue weighted by Crippen LogP contribution is 2.23. The minimum Gasteiger partial charge on any atom is -0.480 e. The molecule has 0 saturated carbocycles. The number of aromatic nitrogens is 1. The topological polar surface area (TPSA) is 79.7 Å². The van der Waals surface area contributed by atoms with Gasteiger partial charge in [-0.1, -0.05) is 0 Å². The van der Waals surface area contributed by atoms with Gasteiger partial charge in [-0.05, 0) is 31.4 Å². The van der Waals surface area contributed by atoms with Crippen LogP contribution in [0.25, 0.3) is 0 Å². The van der Waals surface area contributed by atoms with Gasteiger partial charge in [-0.15, -0.1) is 0 Å². The van der Waals surface area contributed by atoms with Crippen molar-refractivity contribution in [1.29, 1.82) is 0 Å². The minimum absolute atomic E-state index is 0.224. The summed E-state index contributed by atoms with van der Waals surface area (Å²) in [5.41, 5.74) is 0.304. The molecule has 0 unspecified atom stereocenters. The number of carboxylic acids is 1. The number of pyridine rings is 1. The number of likely N-dealkylation sites (tertiary alicyclic amines) is 1. The monoisotopic (exact) mass is 264 g/mol. The smallest absolute Gasteiger partial charge is 0.326 e. The van der Waals surface area contributed by atoms with E-state index in [1.165, 1.54) is 18.2 Å². The minimum atomic E-state index is -0.962. The first-order chi connectivity index (χ1) is 9.15. The molecule has 1 fully saturated rings. The Bertz CT molecular complexity index is 489. The van der Waals surface area contributed by atoms with Crippen molar-refractivity contribution in [1.82, 2.24) is 9.88 Å². The van der Waals surface area contributed by atoms with E-state index in [1.807, 2.05) is 0 Å². The highest BCUT2D eigenvalue weighted by atomic mass is 16.5. The third-order valence-electron chi connectivity index (χ3n) is 3.24. The number of amides is 1. The lowest BCUT2D eigenvalue weighted by Crippen LogP contribution is -2.48. The zero-order chi connectivity index (χ0) is 13.8. The molecular weight excluding hydrogens is 248 g/mol. The van der Waals surface area contributed by atoms with Gasteiger partial charge in [0.1, 0.15) is 11.6 Å². The Kier molecular flexibility index (Phi) is 3.99. The van der Waals surface area contributed by atoms with E-state index < -0.39 is 12.0 Å². The lowest BCUT2D eigenvalue weighted by Gasteiger charge is -2.33. The third-order valence-corrected chi connectivity index (χ3v) is 3.24. The van der Waals surface area contributed by atoms with E-state index in [2.05, 4.69) is 4.98 Å². The first-order valence-corrected chi connectivity index (χ1v) is 6.18. The number of aliphatic carboxylic acids is 1. The van der Waals surface area contributed by atoms with Gasteiger partial charge in [-0.2, -0.15) is 0 Å². The largest absolute Gasteiger partial charge is 0.480 e. The van der Waals surface area contributed by atoms with E-state index in [-0.39, 0.29) is 11.8 Å². The SMILES string of the molecule is COc1ncccc1C(=O)N1CCCC[C@@H]1C(=O)O. The zero-order valence-corrected chi connectivity index (χ0v) is 10.7. The first kappa shape index (κ1) is 13.3. The van der Waals surface area contributed by atoms with Crippen LogP contribution in [0.1, 0.15) is 29.6 Å². The Labute approximate surface area is 111 Å². The molecule has 1 aromatic rings. The van der Waals surface area contributed by atoms with Crippen LogP contribution < -0.4 is 4.74 Å². The molecule has 1 aliphatic heterocycles. The predicted octanol–water partition coefficient (Wildman–Crippen LogP) is 1.17. The number of carbonyl (C=O) groups excluding carboxylic acids is 1. The maximum atomic E-state index is 12.4. The fourth-order valence-corrected chi connectivity index (χ4v) is 2.30. The van der Waals surface area contributed by atoms with Crippen molar-refractivity contribution in [3.63, 3.8) is 0 Å². The molecular formula is C13H16N2O4. The highest BCUT2D eigenvalue weighted by Gasteiger charge is 2.33. The number of piperidine rings is 1. The van der Waals surface area contributed by atoms with Crippen molar-refractivity contribution in [2.24, 2.45) is 0 Å². The molecule has 1 N–H and O–H groups in total. The second-order valence-electron chi connectivity index (χ2n) is 4.41. The average molecular weight is 264 g/mol. The van der Waals surface area contributed by atoms with Crippen LogP contribution in [0.4, 0.5) is 0 Å². The maximum absolute atomic E-state index is 12.4. The van der Waals surface area contributed by atoms with Crippen LogP contribution in [0.2, 0.25) is 0 Å². The van der Waals surface area contributed by atoms with Gasteiger partial charge >= 0.3 is 5.97 Å². The highest BCUT2D eigenvalue weighted by molar-refractivity contribution is 5.98. The predicted molar refractivity (Wildman–Crippen MR) is 67.1 cm³/mol. The van der Waals surface area contributed by atoms with Crippen molar-refractivity contribution in [2.45, 2.75) is 25.3 Å². The van der Waals surface area contributed by atoms with Crippen LogP contribution in [0.5, 0.6) is 5.88 Å². The van der Waals surface area contributed by atoms with E-state index in [4.69, 9.17) is 4.74 Å². The Hall–Kier alpha value is -2.11. The number of hydrogen-bond acceptors (Lipinski definition) is 4. The third kappa shape index (κ3) is 2.67. The lowest BCUT2D eigenvalue weighted by molar-refractivity contribution is -0.143. The number of carboxylic acid groups (broad SMARTS) is 1. The van der Waals surface area contributed by atoms with Gasteiger partial charge in [0.05, 0.1) is 7.11 Å². The van der Waals surface area contributed by atoms with Crippen LogP contribution in [-0.4, -0.2) is 46.6 Å². The molecule has 1 aromatic heterocycles. The summed E-state index contributed by atoms with van der Waals surface area (Å²) in [6.07, 6.45) is 3.66. The summed E-state index contributed by atoms with van der Waals surface area (Å²) in [6, 6.07) is 2.48. The second-order valence-corrected chi connectivity index (χ2v) is 4.41. The van der Waals surface area contributed by atoms with Crippen molar-refractivity contribution >= 4 is 11.9 Å². The summed E-state index contributed by atoms with van der Waals surface area (Å²) >= 11 is 0. The molecule has 0 radical (unpaired) electrons. The second kappa shape index (κ2) is 5.69. The van der Waals surface area contributed by atoms with Gasteiger partial charge in [-0.3, -0.25) is 4.79 Å². The number of methoxy groups -OCH3 is 1. The number of carbonyl (C=O) groups is 2. The fraction of sp³-hybridized carbons (Fsp3) is 0.462. The molecule has 0 aromatic carbocycles. The zero-order valence-electron chi connectivity index (χ0n) is 10.7. The van der Waals surface area contributed by atoms with Crippen LogP contribution in [-0.2, 0) is 4.79 Å². The Morgan fingerprint density at radius 3 is 2.95 bits per heavy atom. The maximum Gasteiger partial charge on any atom is 0.326 e. The summed E-state index contributed by atoms with van der Waals surface area (Å²) < 4.78 is 5.05. The summed E-state index contributed by atoms with van der Waals surface area (Å²) in [4.78, 5) is 29.0. The van der Waals surface area contributed by atoms with E-state index in [0.29, 0.717) is 18.5 Å². The molecule has 0 aliphatic carbocycles. The summed E-state index contributed by atoms with van der Waals surface area (Å²) in [7, 11) is 1.43. The van der Waals surface area contributed by atoms with Crippen LogP contribution in [0, 0.1) is 0 Å². The molecule has 19 heavy (non-hydrogen) atoms. The van der Waals surface area contributed by atoms with Crippen molar-refractivity contribution < 1.29 is 19.4 Å². The molecule has 2 rings (SSSR count). The van der Waals surface area contributed by atoms with Gasteiger partial charge in [0.15, 0.2) is 0 Å². The molecule has 0 spiro atoms. The summed E-state index contributed by atoms with van der Waals surface area (Å²) in [5.74, 6) is -1.07. The van der Waals surface area contributed by atoms with Crippen LogP contribution >= 0.6 is 0 Å². The van der Waals surface area contributed by atoms with Gasteiger partial charge in [0.25, 0.3) is 5.91 Å². The Balaban J connectivity index is 2.29. The molecule has 6 nitrogen and oxygen atoms in total. The van der Waals surface area contributed by atoms with Gasteiger partial charge in [-0.25, -0.2) is 9.78 Å². The molecule has 0 bridgehead atoms. The quantitative estimate of drug-likeness (QED) is 0.886. The molecule has 1 aliphatic rings. The normalized spacial score (nSPS) is 19.0. The van der Waals surface area contributed by atoms with E-state index in [0.717, 1.165) is 12.8 Å². The fourth-order valence-electron chi connectivity index (χ4n) is 2.30. The molecule has 102 valence electrons. The lowest BCUT2D eigenvalue weighted by atomic mass is 10.0. The number of rotatable bonds is 3. The van der Waals surface area contributed by atoms with Crippen LogP contribution in [0.3, 0.4) is 0 Å². The standard InChI is InChI=1S/C13H16N2O4/c1-19-11-9(5-4-7-14-11)12(16)15-8-3-2-6-10(15)13(17)18/h4-5,7,10H,2-3,6,8H2,1H3,(H,17,18)/t10-/m1/s1. The summed E-state index contributed by atoms with van der Waals surface area (Å²) in [6.45, 7) is 0.452. The van der Waals surface area contributed by atoms with Crippen molar-refractivity contribution in [2.75, 3.05) is 13.7 Å². The number of nitrogens with zero attached hydrogens (tertiary/aromatic N) is 2. The summed E-state index contributed by atoms with van der Waals surface area (Å²) in [5, 5.41) is 9.19. The molecule has 1 atom stereocenters. The van der Waals surface area contributed by atoms with Crippen LogP contribution in [0.15, 0.2) is 18.3 Å². The Morgan fingerprint density at radius 2 is 2.26 bits per heavy atom. The van der Waals surface area contributed by atoms with Gasteiger partial charge < -0.3 is 14.7 Å². The van der Waals surface area contributed by atoms with E-state index >= 15 is 0 Å². The van der Waals surface area contributed by atoms with E-state index in [1.54, 1.807) is 12.1 Å². The Morgan fingerprint density at radius 1 is 1.47 bits per heavy atom. The number of hydrogen-bond donors (Lipinski definition) is 1. The van der Waals surface area contributed by atoms with Gasteiger partial charge in [0, 0.05) is 12.7 Å². The van der Waals surface area contributed by atoms with Gasteiger partial charge in [0.2, 0.25) is 5.88 Å². The molecule has 1 saturated heterocycles.